The number of nitrogens with one attached hydrogen (secondary N) is 2. The lowest BCUT2D eigenvalue weighted by atomic mass is 10.2. The molecule has 2 N–H and O–H groups in total. The first-order valence-corrected chi connectivity index (χ1v) is 14.5. The maximum Gasteiger partial charge on any atom is 0.243 e. The Labute approximate surface area is 228 Å². The molecule has 3 aromatic rings. The minimum Gasteiger partial charge on any atom is -0.379 e. The molecule has 5 rings (SSSR count). The first kappa shape index (κ1) is 26.3. The molecular weight excluding hydrogens is 522 g/mol. The van der Waals surface area contributed by atoms with Gasteiger partial charge in [0.2, 0.25) is 10.0 Å². The molecule has 1 aromatic heterocycles. The molecule has 38 heavy (non-hydrogen) atoms. The van der Waals surface area contributed by atoms with Gasteiger partial charge in [0.1, 0.15) is 5.82 Å². The third kappa shape index (κ3) is 5.73. The van der Waals surface area contributed by atoms with Crippen LogP contribution >= 0.6 is 12.2 Å². The quantitative estimate of drug-likeness (QED) is 0.261. The van der Waals surface area contributed by atoms with Crippen LogP contribution in [0.15, 0.2) is 64.6 Å². The SMILES string of the molecule is Cc1nn(-c2ccccc2)c(N2CCCC2)c1/C=N\NC(=S)Nc1ccc(S(=O)(=O)N2CCOCC2)cc1. The van der Waals surface area contributed by atoms with Gasteiger partial charge in [-0.05, 0) is 68.4 Å². The number of nitrogens with zero attached hydrogens (tertiary/aromatic N) is 5. The number of aryl methyl sites for hydroxylation is 1. The van der Waals surface area contributed by atoms with E-state index in [0.29, 0.717) is 37.1 Å². The Morgan fingerprint density at radius 1 is 1.03 bits per heavy atom. The molecule has 0 aliphatic carbocycles. The van der Waals surface area contributed by atoms with Crippen molar-refractivity contribution in [1.82, 2.24) is 19.5 Å². The monoisotopic (exact) mass is 553 g/mol. The van der Waals surface area contributed by atoms with E-state index in [0.717, 1.165) is 48.7 Å². The number of sulfonamides is 1. The van der Waals surface area contributed by atoms with Gasteiger partial charge in [0, 0.05) is 31.9 Å². The standard InChI is InChI=1S/C26H31N7O3S2/c1-20-24(25(31-13-5-6-14-31)33(30-20)22-7-3-2-4-8-22)19-27-29-26(37)28-21-9-11-23(12-10-21)38(34,35)32-15-17-36-18-16-32/h2-4,7-12,19H,5-6,13-18H2,1H3,(H2,28,29,37)/b27-19-. The molecule has 0 saturated carbocycles. The lowest BCUT2D eigenvalue weighted by Gasteiger charge is -2.26. The maximum atomic E-state index is 12.8. The fraction of sp³-hybridized carbons (Fsp3) is 0.346. The molecule has 200 valence electrons. The van der Waals surface area contributed by atoms with Crippen LogP contribution in [0.4, 0.5) is 11.5 Å². The van der Waals surface area contributed by atoms with Crippen molar-refractivity contribution in [3.05, 3.63) is 65.9 Å². The van der Waals surface area contributed by atoms with Gasteiger partial charge >= 0.3 is 0 Å². The van der Waals surface area contributed by atoms with Gasteiger partial charge in [-0.25, -0.2) is 13.1 Å². The van der Waals surface area contributed by atoms with Gasteiger partial charge in [-0.15, -0.1) is 0 Å². The van der Waals surface area contributed by atoms with E-state index in [2.05, 4.69) is 20.7 Å². The smallest absolute Gasteiger partial charge is 0.243 e. The largest absolute Gasteiger partial charge is 0.379 e. The van der Waals surface area contributed by atoms with Gasteiger partial charge in [0.05, 0.1) is 41.3 Å². The second kappa shape index (κ2) is 11.6. The van der Waals surface area contributed by atoms with Crippen LogP contribution in [0.1, 0.15) is 24.1 Å². The summed E-state index contributed by atoms with van der Waals surface area (Å²) < 4.78 is 34.3. The number of morpholine rings is 1. The molecule has 2 aliphatic rings. The lowest BCUT2D eigenvalue weighted by Crippen LogP contribution is -2.40. The Morgan fingerprint density at radius 2 is 1.71 bits per heavy atom. The van der Waals surface area contributed by atoms with Crippen LogP contribution in [0.25, 0.3) is 5.69 Å². The number of ether oxygens (including phenoxy) is 1. The van der Waals surface area contributed by atoms with Crippen LogP contribution in [0, 0.1) is 6.92 Å². The molecule has 0 bridgehead atoms. The van der Waals surface area contributed by atoms with Crippen LogP contribution in [0.5, 0.6) is 0 Å². The number of rotatable bonds is 7. The van der Waals surface area contributed by atoms with Crippen LogP contribution < -0.4 is 15.6 Å². The third-order valence-corrected chi connectivity index (χ3v) is 8.67. The van der Waals surface area contributed by atoms with Gasteiger partial charge in [-0.2, -0.15) is 14.5 Å². The Balaban J connectivity index is 1.26. The Morgan fingerprint density at radius 3 is 2.39 bits per heavy atom. The molecule has 0 unspecified atom stereocenters. The van der Waals surface area contributed by atoms with Crippen molar-refractivity contribution in [2.45, 2.75) is 24.7 Å². The van der Waals surface area contributed by atoms with Crippen molar-refractivity contribution >= 4 is 45.1 Å². The van der Waals surface area contributed by atoms with E-state index in [4.69, 9.17) is 22.1 Å². The third-order valence-electron chi connectivity index (χ3n) is 6.57. The highest BCUT2D eigenvalue weighted by molar-refractivity contribution is 7.89. The van der Waals surface area contributed by atoms with E-state index in [9.17, 15) is 8.42 Å². The molecule has 0 radical (unpaired) electrons. The number of aromatic nitrogens is 2. The topological polar surface area (TPSA) is 104 Å². The minimum absolute atomic E-state index is 0.238. The fourth-order valence-corrected chi connectivity index (χ4v) is 6.20. The summed E-state index contributed by atoms with van der Waals surface area (Å²) in [6.45, 7) is 5.46. The van der Waals surface area contributed by atoms with Gasteiger partial charge in [-0.1, -0.05) is 18.2 Å². The maximum absolute atomic E-state index is 12.8. The summed E-state index contributed by atoms with van der Waals surface area (Å²) in [7, 11) is -3.54. The number of hydrogen-bond donors (Lipinski definition) is 2. The Kier molecular flexibility index (Phi) is 8.03. The van der Waals surface area contributed by atoms with Gasteiger partial charge < -0.3 is 15.0 Å². The Bertz CT molecular complexity index is 1390. The summed E-state index contributed by atoms with van der Waals surface area (Å²) in [4.78, 5) is 2.58. The molecular formula is C26H31N7O3S2. The number of thiocarbonyl (C=S) groups is 1. The van der Waals surface area contributed by atoms with E-state index in [-0.39, 0.29) is 4.90 Å². The number of para-hydroxylation sites is 1. The summed E-state index contributed by atoms with van der Waals surface area (Å²) in [5.74, 6) is 1.02. The average molecular weight is 554 g/mol. The molecule has 2 aromatic carbocycles. The second-order valence-electron chi connectivity index (χ2n) is 9.13. The number of anilines is 2. The highest BCUT2D eigenvalue weighted by Crippen LogP contribution is 2.29. The van der Waals surface area contributed by atoms with Crippen molar-refractivity contribution in [2.75, 3.05) is 49.6 Å². The van der Waals surface area contributed by atoms with E-state index in [1.165, 1.54) is 4.31 Å². The van der Waals surface area contributed by atoms with Crippen LogP contribution in [0.2, 0.25) is 0 Å². The number of benzene rings is 2. The zero-order valence-electron chi connectivity index (χ0n) is 21.2. The fourth-order valence-electron chi connectivity index (χ4n) is 4.62. The molecule has 2 saturated heterocycles. The first-order valence-electron chi connectivity index (χ1n) is 12.6. The molecule has 2 aliphatic heterocycles. The van der Waals surface area contributed by atoms with E-state index in [1.54, 1.807) is 30.5 Å². The van der Waals surface area contributed by atoms with Crippen LogP contribution in [-0.2, 0) is 14.8 Å². The van der Waals surface area contributed by atoms with Gasteiger partial charge in [0.25, 0.3) is 0 Å². The highest BCUT2D eigenvalue weighted by atomic mass is 32.2. The first-order chi connectivity index (χ1) is 18.4. The molecule has 0 amide bonds. The van der Waals surface area contributed by atoms with Crippen molar-refractivity contribution in [3.63, 3.8) is 0 Å². The summed E-state index contributed by atoms with van der Waals surface area (Å²) >= 11 is 5.41. The highest BCUT2D eigenvalue weighted by Gasteiger charge is 2.26. The molecule has 2 fully saturated rings. The molecule has 0 spiro atoms. The molecule has 3 heterocycles. The van der Waals surface area contributed by atoms with Crippen molar-refractivity contribution < 1.29 is 13.2 Å². The number of hydrazone groups is 1. The minimum atomic E-state index is -3.54. The summed E-state index contributed by atoms with van der Waals surface area (Å²) in [6, 6.07) is 16.6. The molecule has 0 atom stereocenters. The predicted octanol–water partition coefficient (Wildman–Crippen LogP) is 3.12. The zero-order valence-corrected chi connectivity index (χ0v) is 22.8. The van der Waals surface area contributed by atoms with Gasteiger partial charge in [0.15, 0.2) is 5.11 Å². The Hall–Kier alpha value is -3.32. The summed E-state index contributed by atoms with van der Waals surface area (Å²) in [5.41, 5.74) is 6.33. The molecule has 12 heteroatoms. The summed E-state index contributed by atoms with van der Waals surface area (Å²) in [6.07, 6.45) is 4.05. The van der Waals surface area contributed by atoms with Crippen LogP contribution in [-0.4, -0.2) is 73.2 Å². The normalized spacial score (nSPS) is 16.7. The lowest BCUT2D eigenvalue weighted by molar-refractivity contribution is 0.0730. The number of hydrogen-bond acceptors (Lipinski definition) is 7. The van der Waals surface area contributed by atoms with Crippen molar-refractivity contribution in [2.24, 2.45) is 5.10 Å². The second-order valence-corrected chi connectivity index (χ2v) is 11.5. The van der Waals surface area contributed by atoms with Crippen LogP contribution in [0.3, 0.4) is 0 Å². The van der Waals surface area contributed by atoms with Crippen molar-refractivity contribution in [1.29, 1.82) is 0 Å². The average Bonchev–Trinajstić information content (AvgIpc) is 3.58. The van der Waals surface area contributed by atoms with E-state index >= 15 is 0 Å². The summed E-state index contributed by atoms with van der Waals surface area (Å²) in [5, 5.41) is 12.5. The van der Waals surface area contributed by atoms with E-state index in [1.807, 2.05) is 41.9 Å². The van der Waals surface area contributed by atoms with Crippen molar-refractivity contribution in [3.8, 4) is 5.69 Å². The van der Waals surface area contributed by atoms with E-state index < -0.39 is 10.0 Å². The predicted molar refractivity (Wildman–Crippen MR) is 153 cm³/mol. The van der Waals surface area contributed by atoms with Gasteiger partial charge in [-0.3, -0.25) is 5.43 Å². The molecule has 10 nitrogen and oxygen atoms in total. The zero-order chi connectivity index (χ0) is 26.5.